The van der Waals surface area contributed by atoms with E-state index in [1.165, 1.54) is 12.1 Å². The lowest BCUT2D eigenvalue weighted by molar-refractivity contribution is 0.116. The zero-order chi connectivity index (χ0) is 12.7. The van der Waals surface area contributed by atoms with Gasteiger partial charge >= 0.3 is 0 Å². The molecule has 4 heteroatoms. The molecular formula is C13H20FNO2. The molecule has 0 aromatic heterocycles. The SMILES string of the molecule is CCCNC(C)(CO)COc1cccc(F)c1. The van der Waals surface area contributed by atoms with E-state index in [0.29, 0.717) is 12.4 Å². The maximum atomic E-state index is 12.9. The highest BCUT2D eigenvalue weighted by atomic mass is 19.1. The Morgan fingerprint density at radius 1 is 1.47 bits per heavy atom. The molecule has 1 rings (SSSR count). The van der Waals surface area contributed by atoms with Crippen LogP contribution in [-0.4, -0.2) is 30.4 Å². The predicted octanol–water partition coefficient (Wildman–Crippen LogP) is 1.96. The topological polar surface area (TPSA) is 41.5 Å². The maximum absolute atomic E-state index is 12.9. The molecule has 0 fully saturated rings. The Morgan fingerprint density at radius 2 is 2.24 bits per heavy atom. The fourth-order valence-corrected chi connectivity index (χ4v) is 1.38. The molecule has 0 heterocycles. The summed E-state index contributed by atoms with van der Waals surface area (Å²) in [5.41, 5.74) is -0.498. The minimum atomic E-state index is -0.498. The van der Waals surface area contributed by atoms with Crippen LogP contribution >= 0.6 is 0 Å². The Bertz CT molecular complexity index is 346. The number of halogens is 1. The first-order valence-electron chi connectivity index (χ1n) is 5.84. The third kappa shape index (κ3) is 4.71. The summed E-state index contributed by atoms with van der Waals surface area (Å²) in [6, 6.07) is 5.99. The molecule has 1 aromatic rings. The van der Waals surface area contributed by atoms with Gasteiger partial charge in [0.1, 0.15) is 18.2 Å². The van der Waals surface area contributed by atoms with Gasteiger partial charge in [0.25, 0.3) is 0 Å². The van der Waals surface area contributed by atoms with Crippen LogP contribution < -0.4 is 10.1 Å². The summed E-state index contributed by atoms with van der Waals surface area (Å²) in [5.74, 6) is 0.151. The first kappa shape index (κ1) is 13.9. The zero-order valence-electron chi connectivity index (χ0n) is 10.4. The second-order valence-corrected chi connectivity index (χ2v) is 4.39. The molecule has 1 aromatic carbocycles. The number of aliphatic hydroxyl groups excluding tert-OH is 1. The normalized spacial score (nSPS) is 14.4. The number of ether oxygens (including phenoxy) is 1. The fourth-order valence-electron chi connectivity index (χ4n) is 1.38. The van der Waals surface area contributed by atoms with Gasteiger partial charge in [0.2, 0.25) is 0 Å². The van der Waals surface area contributed by atoms with Crippen LogP contribution in [0.3, 0.4) is 0 Å². The molecule has 3 nitrogen and oxygen atoms in total. The highest BCUT2D eigenvalue weighted by molar-refractivity contribution is 5.22. The monoisotopic (exact) mass is 241 g/mol. The molecule has 1 atom stereocenters. The largest absolute Gasteiger partial charge is 0.491 e. The van der Waals surface area contributed by atoms with E-state index < -0.39 is 5.54 Å². The molecule has 0 saturated heterocycles. The average molecular weight is 241 g/mol. The van der Waals surface area contributed by atoms with Crippen LogP contribution in [0.15, 0.2) is 24.3 Å². The molecule has 0 aliphatic rings. The van der Waals surface area contributed by atoms with E-state index >= 15 is 0 Å². The number of benzene rings is 1. The van der Waals surface area contributed by atoms with Gasteiger partial charge in [-0.3, -0.25) is 0 Å². The van der Waals surface area contributed by atoms with Crippen molar-refractivity contribution in [2.75, 3.05) is 19.8 Å². The first-order chi connectivity index (χ1) is 8.09. The number of hydrogen-bond acceptors (Lipinski definition) is 3. The number of nitrogens with one attached hydrogen (secondary N) is 1. The number of hydrogen-bond donors (Lipinski definition) is 2. The molecule has 0 radical (unpaired) electrons. The summed E-state index contributed by atoms with van der Waals surface area (Å²) < 4.78 is 18.4. The van der Waals surface area contributed by atoms with Gasteiger partial charge in [0.15, 0.2) is 0 Å². The van der Waals surface area contributed by atoms with Crippen LogP contribution in [0, 0.1) is 5.82 Å². The predicted molar refractivity (Wildman–Crippen MR) is 65.7 cm³/mol. The van der Waals surface area contributed by atoms with Crippen molar-refractivity contribution in [1.82, 2.24) is 5.32 Å². The molecule has 2 N–H and O–H groups in total. The van der Waals surface area contributed by atoms with Gasteiger partial charge in [0, 0.05) is 6.07 Å². The van der Waals surface area contributed by atoms with Gasteiger partial charge in [-0.2, -0.15) is 0 Å². The van der Waals surface area contributed by atoms with Crippen LogP contribution in [0.2, 0.25) is 0 Å². The van der Waals surface area contributed by atoms with Crippen LogP contribution in [0.4, 0.5) is 4.39 Å². The van der Waals surface area contributed by atoms with Crippen LogP contribution in [0.25, 0.3) is 0 Å². The Kier molecular flexibility index (Phi) is 5.38. The van der Waals surface area contributed by atoms with E-state index in [-0.39, 0.29) is 12.4 Å². The van der Waals surface area contributed by atoms with Crippen molar-refractivity contribution in [1.29, 1.82) is 0 Å². The third-order valence-corrected chi connectivity index (χ3v) is 2.50. The van der Waals surface area contributed by atoms with Crippen molar-refractivity contribution in [3.8, 4) is 5.75 Å². The van der Waals surface area contributed by atoms with E-state index in [1.807, 2.05) is 6.92 Å². The standard InChI is InChI=1S/C13H20FNO2/c1-3-7-15-13(2,9-16)10-17-12-6-4-5-11(14)8-12/h4-6,8,15-16H,3,7,9-10H2,1-2H3. The second-order valence-electron chi connectivity index (χ2n) is 4.39. The van der Waals surface area contributed by atoms with Gasteiger partial charge < -0.3 is 15.2 Å². The first-order valence-corrected chi connectivity index (χ1v) is 5.84. The molecule has 96 valence electrons. The molecule has 0 bridgehead atoms. The van der Waals surface area contributed by atoms with Crippen molar-refractivity contribution in [2.24, 2.45) is 0 Å². The van der Waals surface area contributed by atoms with E-state index in [9.17, 15) is 9.50 Å². The molecule has 0 aliphatic heterocycles. The van der Waals surface area contributed by atoms with Gasteiger partial charge in [-0.25, -0.2) is 4.39 Å². The Balaban J connectivity index is 2.52. The Morgan fingerprint density at radius 3 is 2.82 bits per heavy atom. The zero-order valence-corrected chi connectivity index (χ0v) is 10.4. The van der Waals surface area contributed by atoms with E-state index in [1.54, 1.807) is 12.1 Å². The highest BCUT2D eigenvalue weighted by Gasteiger charge is 2.23. The lowest BCUT2D eigenvalue weighted by Gasteiger charge is -2.28. The molecule has 1 unspecified atom stereocenters. The van der Waals surface area contributed by atoms with E-state index in [2.05, 4.69) is 12.2 Å². The average Bonchev–Trinajstić information content (AvgIpc) is 2.34. The van der Waals surface area contributed by atoms with Gasteiger partial charge in [-0.05, 0) is 32.0 Å². The molecule has 0 spiro atoms. The van der Waals surface area contributed by atoms with Gasteiger partial charge in [0.05, 0.1) is 12.1 Å². The van der Waals surface area contributed by atoms with Crippen molar-refractivity contribution >= 4 is 0 Å². The highest BCUT2D eigenvalue weighted by Crippen LogP contribution is 2.14. The number of rotatable bonds is 7. The minimum Gasteiger partial charge on any atom is -0.491 e. The summed E-state index contributed by atoms with van der Waals surface area (Å²) in [5, 5.41) is 12.5. The lowest BCUT2D eigenvalue weighted by atomic mass is 10.1. The molecule has 0 saturated carbocycles. The third-order valence-electron chi connectivity index (χ3n) is 2.50. The molecule has 17 heavy (non-hydrogen) atoms. The number of aliphatic hydroxyl groups is 1. The summed E-state index contributed by atoms with van der Waals surface area (Å²) in [6.07, 6.45) is 0.982. The quantitative estimate of drug-likeness (QED) is 0.766. The van der Waals surface area contributed by atoms with Crippen molar-refractivity contribution < 1.29 is 14.2 Å². The van der Waals surface area contributed by atoms with Crippen molar-refractivity contribution in [2.45, 2.75) is 25.8 Å². The smallest absolute Gasteiger partial charge is 0.126 e. The van der Waals surface area contributed by atoms with Gasteiger partial charge in [-0.15, -0.1) is 0 Å². The van der Waals surface area contributed by atoms with Gasteiger partial charge in [-0.1, -0.05) is 13.0 Å². The summed E-state index contributed by atoms with van der Waals surface area (Å²) in [6.45, 7) is 5.01. The van der Waals surface area contributed by atoms with E-state index in [0.717, 1.165) is 13.0 Å². The molecular weight excluding hydrogens is 221 g/mol. The van der Waals surface area contributed by atoms with E-state index in [4.69, 9.17) is 4.74 Å². The summed E-state index contributed by atoms with van der Waals surface area (Å²) >= 11 is 0. The van der Waals surface area contributed by atoms with Crippen LogP contribution in [-0.2, 0) is 0 Å². The Hall–Kier alpha value is -1.13. The summed E-state index contributed by atoms with van der Waals surface area (Å²) in [4.78, 5) is 0. The van der Waals surface area contributed by atoms with Crippen molar-refractivity contribution in [3.63, 3.8) is 0 Å². The molecule has 0 amide bonds. The summed E-state index contributed by atoms with van der Waals surface area (Å²) in [7, 11) is 0. The maximum Gasteiger partial charge on any atom is 0.126 e. The fraction of sp³-hybridized carbons (Fsp3) is 0.538. The molecule has 0 aliphatic carbocycles. The second kappa shape index (κ2) is 6.57. The minimum absolute atomic E-state index is 0.0255. The van der Waals surface area contributed by atoms with Crippen LogP contribution in [0.1, 0.15) is 20.3 Å². The van der Waals surface area contributed by atoms with Crippen LogP contribution in [0.5, 0.6) is 5.75 Å². The van der Waals surface area contributed by atoms with Crippen molar-refractivity contribution in [3.05, 3.63) is 30.1 Å². The Labute approximate surface area is 102 Å². The lowest BCUT2D eigenvalue weighted by Crippen LogP contribution is -2.50.